The summed E-state index contributed by atoms with van der Waals surface area (Å²) in [5, 5.41) is 2.69. The maximum Gasteiger partial charge on any atom is 0.338 e. The van der Waals surface area contributed by atoms with Gasteiger partial charge in [-0.3, -0.25) is 4.79 Å². The first-order valence-corrected chi connectivity index (χ1v) is 8.65. The molecule has 0 aliphatic carbocycles. The Morgan fingerprint density at radius 3 is 2.46 bits per heavy atom. The van der Waals surface area contributed by atoms with Gasteiger partial charge >= 0.3 is 5.97 Å². The minimum atomic E-state index is -0.613. The zero-order chi connectivity index (χ0) is 19.9. The van der Waals surface area contributed by atoms with Crippen LogP contribution < -0.4 is 24.3 Å². The average molecular weight is 387 g/mol. The maximum absolute atomic E-state index is 12.1. The normalized spacial score (nSPS) is 12.1. The summed E-state index contributed by atoms with van der Waals surface area (Å²) in [7, 11) is 3.09. The fourth-order valence-corrected chi connectivity index (χ4v) is 2.63. The van der Waals surface area contributed by atoms with Crippen LogP contribution in [0.2, 0.25) is 0 Å². The van der Waals surface area contributed by atoms with Crippen LogP contribution >= 0.6 is 0 Å². The van der Waals surface area contributed by atoms with Crippen molar-refractivity contribution in [1.82, 2.24) is 5.32 Å². The molecule has 0 saturated carbocycles. The molecule has 0 fully saturated rings. The van der Waals surface area contributed by atoms with Crippen molar-refractivity contribution in [1.29, 1.82) is 0 Å². The Balaban J connectivity index is 1.49. The van der Waals surface area contributed by atoms with Gasteiger partial charge in [0.1, 0.15) is 13.2 Å². The van der Waals surface area contributed by atoms with E-state index in [4.69, 9.17) is 23.7 Å². The van der Waals surface area contributed by atoms with E-state index in [1.807, 2.05) is 6.07 Å². The lowest BCUT2D eigenvalue weighted by Gasteiger charge is -2.18. The van der Waals surface area contributed by atoms with Crippen molar-refractivity contribution in [3.8, 4) is 23.0 Å². The molecule has 1 amide bonds. The zero-order valence-electron chi connectivity index (χ0n) is 15.7. The number of ether oxygens (including phenoxy) is 5. The van der Waals surface area contributed by atoms with Crippen LogP contribution in [0.4, 0.5) is 0 Å². The van der Waals surface area contributed by atoms with E-state index in [9.17, 15) is 9.59 Å². The van der Waals surface area contributed by atoms with E-state index in [2.05, 4.69) is 5.32 Å². The second-order valence-corrected chi connectivity index (χ2v) is 5.90. The summed E-state index contributed by atoms with van der Waals surface area (Å²) in [5.74, 6) is 1.21. The van der Waals surface area contributed by atoms with E-state index in [-0.39, 0.29) is 18.7 Å². The molecule has 1 heterocycles. The summed E-state index contributed by atoms with van der Waals surface area (Å²) in [6.07, 6.45) is 0. The molecule has 0 spiro atoms. The predicted octanol–water partition coefficient (Wildman–Crippen LogP) is 1.95. The second-order valence-electron chi connectivity index (χ2n) is 5.90. The molecule has 28 heavy (non-hydrogen) atoms. The van der Waals surface area contributed by atoms with E-state index in [1.165, 1.54) is 7.11 Å². The molecule has 0 atom stereocenters. The number of fused-ring (bicyclic) bond motifs is 1. The molecular weight excluding hydrogens is 366 g/mol. The van der Waals surface area contributed by atoms with Gasteiger partial charge in [-0.2, -0.15) is 0 Å². The SMILES string of the molecule is COc1ccc(CNC(=O)COC(=O)c2ccc3c(c2)OCCO3)cc1OC. The van der Waals surface area contributed by atoms with Gasteiger partial charge in [0.25, 0.3) is 5.91 Å². The fraction of sp³-hybridized carbons (Fsp3) is 0.300. The smallest absolute Gasteiger partial charge is 0.338 e. The lowest BCUT2D eigenvalue weighted by molar-refractivity contribution is -0.124. The third kappa shape index (κ3) is 4.64. The summed E-state index contributed by atoms with van der Waals surface area (Å²) in [6, 6.07) is 10.1. The summed E-state index contributed by atoms with van der Waals surface area (Å²) in [4.78, 5) is 24.1. The van der Waals surface area contributed by atoms with Crippen molar-refractivity contribution >= 4 is 11.9 Å². The highest BCUT2D eigenvalue weighted by atomic mass is 16.6. The summed E-state index contributed by atoms with van der Waals surface area (Å²) in [5.41, 5.74) is 1.11. The number of rotatable bonds is 7. The van der Waals surface area contributed by atoms with E-state index in [1.54, 1.807) is 37.4 Å². The summed E-state index contributed by atoms with van der Waals surface area (Å²) >= 11 is 0. The Bertz CT molecular complexity index is 866. The molecule has 8 heteroatoms. The molecule has 3 rings (SSSR count). The Morgan fingerprint density at radius 1 is 0.964 bits per heavy atom. The molecule has 0 saturated heterocycles. The number of amides is 1. The number of hydrogen-bond donors (Lipinski definition) is 1. The molecule has 1 aliphatic heterocycles. The van der Waals surface area contributed by atoms with Gasteiger partial charge in [0.15, 0.2) is 29.6 Å². The Hall–Kier alpha value is -3.42. The predicted molar refractivity (Wildman–Crippen MR) is 99.1 cm³/mol. The Kier molecular flexibility index (Phi) is 6.21. The van der Waals surface area contributed by atoms with Crippen LogP contribution in [0.25, 0.3) is 0 Å². The largest absolute Gasteiger partial charge is 0.493 e. The first-order chi connectivity index (χ1) is 13.6. The number of hydrogen-bond acceptors (Lipinski definition) is 7. The van der Waals surface area contributed by atoms with Gasteiger partial charge in [-0.05, 0) is 35.9 Å². The molecule has 148 valence electrons. The van der Waals surface area contributed by atoms with Gasteiger partial charge < -0.3 is 29.0 Å². The van der Waals surface area contributed by atoms with Crippen molar-refractivity contribution in [3.63, 3.8) is 0 Å². The minimum Gasteiger partial charge on any atom is -0.493 e. The fourth-order valence-electron chi connectivity index (χ4n) is 2.63. The number of methoxy groups -OCH3 is 2. The summed E-state index contributed by atoms with van der Waals surface area (Å²) in [6.45, 7) is 0.766. The zero-order valence-corrected chi connectivity index (χ0v) is 15.7. The van der Waals surface area contributed by atoms with Gasteiger partial charge in [-0.1, -0.05) is 6.07 Å². The van der Waals surface area contributed by atoms with Gasteiger partial charge in [-0.25, -0.2) is 4.79 Å². The third-order valence-electron chi connectivity index (χ3n) is 4.05. The van der Waals surface area contributed by atoms with Gasteiger partial charge in [0.05, 0.1) is 19.8 Å². The quantitative estimate of drug-likeness (QED) is 0.726. The number of carbonyl (C=O) groups is 2. The Labute approximate surface area is 162 Å². The number of carbonyl (C=O) groups excluding carboxylic acids is 2. The topological polar surface area (TPSA) is 92.3 Å². The van der Waals surface area contributed by atoms with Crippen LogP contribution in [-0.4, -0.2) is 45.9 Å². The molecular formula is C20H21NO7. The highest BCUT2D eigenvalue weighted by Gasteiger charge is 2.16. The van der Waals surface area contributed by atoms with E-state index >= 15 is 0 Å². The van der Waals surface area contributed by atoms with Crippen LogP contribution in [0.15, 0.2) is 36.4 Å². The molecule has 8 nitrogen and oxygen atoms in total. The molecule has 0 unspecified atom stereocenters. The second kappa shape index (κ2) is 8.98. The van der Waals surface area contributed by atoms with E-state index in [0.717, 1.165) is 5.56 Å². The van der Waals surface area contributed by atoms with Crippen molar-refractivity contribution < 1.29 is 33.3 Å². The highest BCUT2D eigenvalue weighted by molar-refractivity contribution is 5.92. The molecule has 2 aromatic carbocycles. The van der Waals surface area contributed by atoms with Gasteiger partial charge in [0, 0.05) is 6.54 Å². The highest BCUT2D eigenvalue weighted by Crippen LogP contribution is 2.31. The van der Waals surface area contributed by atoms with Crippen molar-refractivity contribution in [2.75, 3.05) is 34.0 Å². The monoisotopic (exact) mass is 387 g/mol. The van der Waals surface area contributed by atoms with Crippen LogP contribution in [0.5, 0.6) is 23.0 Å². The number of nitrogens with one attached hydrogen (secondary N) is 1. The number of benzene rings is 2. The third-order valence-corrected chi connectivity index (χ3v) is 4.05. The first-order valence-electron chi connectivity index (χ1n) is 8.65. The summed E-state index contributed by atoms with van der Waals surface area (Å²) < 4.78 is 26.3. The van der Waals surface area contributed by atoms with Crippen molar-refractivity contribution in [3.05, 3.63) is 47.5 Å². The van der Waals surface area contributed by atoms with Crippen molar-refractivity contribution in [2.45, 2.75) is 6.54 Å². The number of esters is 1. The van der Waals surface area contributed by atoms with Crippen LogP contribution in [0.1, 0.15) is 15.9 Å². The molecule has 1 aliphatic rings. The van der Waals surface area contributed by atoms with E-state index in [0.29, 0.717) is 36.2 Å². The molecule has 0 aromatic heterocycles. The Morgan fingerprint density at radius 2 is 1.71 bits per heavy atom. The average Bonchev–Trinajstić information content (AvgIpc) is 2.75. The van der Waals surface area contributed by atoms with Gasteiger partial charge in [-0.15, -0.1) is 0 Å². The van der Waals surface area contributed by atoms with E-state index < -0.39 is 11.9 Å². The standard InChI is InChI=1S/C20H21NO7/c1-24-15-5-3-13(9-17(15)25-2)11-21-19(22)12-28-20(23)14-4-6-16-18(10-14)27-8-7-26-16/h3-6,9-10H,7-8,11-12H2,1-2H3,(H,21,22). The van der Waals surface area contributed by atoms with Crippen LogP contribution in [0, 0.1) is 0 Å². The molecule has 1 N–H and O–H groups in total. The van der Waals surface area contributed by atoms with Crippen molar-refractivity contribution in [2.24, 2.45) is 0 Å². The lowest BCUT2D eigenvalue weighted by atomic mass is 10.2. The van der Waals surface area contributed by atoms with Crippen LogP contribution in [-0.2, 0) is 16.1 Å². The lowest BCUT2D eigenvalue weighted by Crippen LogP contribution is -2.28. The van der Waals surface area contributed by atoms with Crippen LogP contribution in [0.3, 0.4) is 0 Å². The molecule has 0 bridgehead atoms. The maximum atomic E-state index is 12.1. The first kappa shape index (κ1) is 19.3. The molecule has 0 radical (unpaired) electrons. The van der Waals surface area contributed by atoms with Gasteiger partial charge in [0.2, 0.25) is 0 Å². The minimum absolute atomic E-state index is 0.265. The molecule has 2 aromatic rings.